The first-order chi connectivity index (χ1) is 14.5. The zero-order valence-corrected chi connectivity index (χ0v) is 17.4. The Bertz CT molecular complexity index is 1130. The van der Waals surface area contributed by atoms with Crippen LogP contribution in [0.4, 0.5) is 11.4 Å². The van der Waals surface area contributed by atoms with Gasteiger partial charge in [0.15, 0.2) is 5.78 Å². The molecule has 0 bridgehead atoms. The quantitative estimate of drug-likeness (QED) is 0.516. The molecule has 0 aromatic heterocycles. The van der Waals surface area contributed by atoms with E-state index >= 15 is 0 Å². The van der Waals surface area contributed by atoms with Crippen LogP contribution in [0.3, 0.4) is 0 Å². The summed E-state index contributed by atoms with van der Waals surface area (Å²) in [4.78, 5) is 13.3. The van der Waals surface area contributed by atoms with Gasteiger partial charge in [-0.1, -0.05) is 80.6 Å². The molecule has 30 heavy (non-hydrogen) atoms. The maximum Gasteiger partial charge on any atom is 0.163 e. The van der Waals surface area contributed by atoms with Gasteiger partial charge >= 0.3 is 0 Å². The molecule has 3 heteroatoms. The molecule has 0 saturated carbocycles. The van der Waals surface area contributed by atoms with Gasteiger partial charge in [-0.3, -0.25) is 4.79 Å². The molecule has 5 rings (SSSR count). The van der Waals surface area contributed by atoms with E-state index in [2.05, 4.69) is 85.1 Å². The van der Waals surface area contributed by atoms with Gasteiger partial charge in [-0.05, 0) is 40.7 Å². The molecular formula is C27H26N2O. The Labute approximate surface area is 177 Å². The highest BCUT2D eigenvalue weighted by Gasteiger charge is 2.38. The number of carbonyl (C=O) groups excluding carboxylic acids is 1. The van der Waals surface area contributed by atoms with E-state index in [4.69, 9.17) is 0 Å². The molecule has 0 spiro atoms. The van der Waals surface area contributed by atoms with E-state index in [1.165, 1.54) is 11.1 Å². The van der Waals surface area contributed by atoms with Crippen molar-refractivity contribution in [3.05, 3.63) is 95.7 Å². The summed E-state index contributed by atoms with van der Waals surface area (Å²) in [7, 11) is 0. The molecule has 3 aromatic rings. The van der Waals surface area contributed by atoms with Gasteiger partial charge in [-0.2, -0.15) is 0 Å². The number of para-hydroxylation sites is 2. The summed E-state index contributed by atoms with van der Waals surface area (Å²) in [5.74, 6) is 0.228. The van der Waals surface area contributed by atoms with Gasteiger partial charge < -0.3 is 10.6 Å². The molecule has 3 nitrogen and oxygen atoms in total. The van der Waals surface area contributed by atoms with Gasteiger partial charge in [0.1, 0.15) is 0 Å². The van der Waals surface area contributed by atoms with E-state index in [-0.39, 0.29) is 17.2 Å². The molecule has 1 heterocycles. The van der Waals surface area contributed by atoms with Crippen LogP contribution in [0.25, 0.3) is 11.1 Å². The lowest BCUT2D eigenvalue weighted by molar-refractivity contribution is -0.118. The molecule has 3 aromatic carbocycles. The van der Waals surface area contributed by atoms with Crippen LogP contribution in [0, 0.1) is 5.41 Å². The molecule has 2 N–H and O–H groups in total. The van der Waals surface area contributed by atoms with Crippen molar-refractivity contribution in [1.29, 1.82) is 0 Å². The molecule has 0 amide bonds. The zero-order chi connectivity index (χ0) is 20.7. The summed E-state index contributed by atoms with van der Waals surface area (Å²) in [6.07, 6.45) is 1.44. The topological polar surface area (TPSA) is 41.1 Å². The summed E-state index contributed by atoms with van der Waals surface area (Å²) in [6.45, 7) is 4.34. The minimum absolute atomic E-state index is 0.0378. The van der Waals surface area contributed by atoms with Crippen LogP contribution in [-0.2, 0) is 4.79 Å². The molecule has 0 saturated heterocycles. The highest BCUT2D eigenvalue weighted by atomic mass is 16.1. The fraction of sp³-hybridized carbons (Fsp3) is 0.222. The van der Waals surface area contributed by atoms with Gasteiger partial charge in [0.05, 0.1) is 17.4 Å². The minimum atomic E-state index is -0.162. The summed E-state index contributed by atoms with van der Waals surface area (Å²) in [5, 5.41) is 7.23. The van der Waals surface area contributed by atoms with Crippen LogP contribution in [-0.4, -0.2) is 5.78 Å². The standard InChI is InChI=1S/C27H26N2O/c1-27(2)16-23-25(24(30)17-27)26(29-22-11-7-6-10-21(22)28-23)20-14-12-19(13-15-20)18-8-4-3-5-9-18/h3-15,26,28-29H,16-17H2,1-2H3. The second-order valence-electron chi connectivity index (χ2n) is 9.07. The third-order valence-electron chi connectivity index (χ3n) is 6.07. The Kier molecular flexibility index (Phi) is 4.47. The average molecular weight is 395 g/mol. The number of fused-ring (bicyclic) bond motifs is 1. The minimum Gasteiger partial charge on any atom is -0.372 e. The Morgan fingerprint density at radius 1 is 0.767 bits per heavy atom. The number of hydrogen-bond donors (Lipinski definition) is 2. The van der Waals surface area contributed by atoms with Gasteiger partial charge in [0, 0.05) is 17.7 Å². The monoisotopic (exact) mass is 394 g/mol. The van der Waals surface area contributed by atoms with Gasteiger partial charge in [-0.15, -0.1) is 0 Å². The van der Waals surface area contributed by atoms with Crippen LogP contribution >= 0.6 is 0 Å². The van der Waals surface area contributed by atoms with Crippen LogP contribution in [0.2, 0.25) is 0 Å². The van der Waals surface area contributed by atoms with Gasteiger partial charge in [0.25, 0.3) is 0 Å². The van der Waals surface area contributed by atoms with Crippen molar-refractivity contribution in [3.8, 4) is 11.1 Å². The molecule has 150 valence electrons. The Morgan fingerprint density at radius 2 is 1.40 bits per heavy atom. The predicted molar refractivity (Wildman–Crippen MR) is 123 cm³/mol. The molecule has 0 radical (unpaired) electrons. The molecule has 1 aliphatic carbocycles. The fourth-order valence-corrected chi connectivity index (χ4v) is 4.64. The SMILES string of the molecule is CC1(C)CC(=O)C2=C(C1)Nc1ccccc1NC2c1ccc(-c2ccccc2)cc1. The van der Waals surface area contributed by atoms with E-state index in [0.717, 1.165) is 34.6 Å². The normalized spacial score (nSPS) is 19.8. The summed E-state index contributed by atoms with van der Waals surface area (Å²) >= 11 is 0. The van der Waals surface area contributed by atoms with Crippen LogP contribution in [0.1, 0.15) is 38.3 Å². The number of allylic oxidation sites excluding steroid dienone is 1. The summed E-state index contributed by atoms with van der Waals surface area (Å²) in [6, 6.07) is 27.0. The smallest absolute Gasteiger partial charge is 0.163 e. The first-order valence-corrected chi connectivity index (χ1v) is 10.5. The third kappa shape index (κ3) is 3.41. The van der Waals surface area contributed by atoms with Crippen molar-refractivity contribution < 1.29 is 4.79 Å². The fourth-order valence-electron chi connectivity index (χ4n) is 4.64. The largest absolute Gasteiger partial charge is 0.372 e. The summed E-state index contributed by atoms with van der Waals surface area (Å²) in [5.41, 5.74) is 7.41. The number of hydrogen-bond acceptors (Lipinski definition) is 3. The number of Topliss-reactive ketones (excluding diaryl/α,β-unsaturated/α-hetero) is 1. The van der Waals surface area contributed by atoms with E-state index in [0.29, 0.717) is 6.42 Å². The number of benzene rings is 3. The van der Waals surface area contributed by atoms with Crippen LogP contribution < -0.4 is 10.6 Å². The first-order valence-electron chi connectivity index (χ1n) is 10.5. The highest BCUT2D eigenvalue weighted by Crippen LogP contribution is 2.45. The molecular weight excluding hydrogens is 368 g/mol. The highest BCUT2D eigenvalue weighted by molar-refractivity contribution is 6.01. The number of anilines is 2. The maximum atomic E-state index is 13.3. The van der Waals surface area contributed by atoms with Crippen molar-refractivity contribution in [2.75, 3.05) is 10.6 Å². The number of nitrogens with one attached hydrogen (secondary N) is 2. The molecule has 0 fully saturated rings. The Morgan fingerprint density at radius 3 is 2.13 bits per heavy atom. The molecule has 1 aliphatic heterocycles. The third-order valence-corrected chi connectivity index (χ3v) is 6.07. The average Bonchev–Trinajstić information content (AvgIpc) is 2.90. The molecule has 1 atom stereocenters. The lowest BCUT2D eigenvalue weighted by atomic mass is 9.73. The second-order valence-corrected chi connectivity index (χ2v) is 9.07. The second kappa shape index (κ2) is 7.17. The number of ketones is 1. The summed E-state index contributed by atoms with van der Waals surface area (Å²) < 4.78 is 0. The predicted octanol–water partition coefficient (Wildman–Crippen LogP) is 6.58. The van der Waals surface area contributed by atoms with E-state index in [1.807, 2.05) is 18.2 Å². The van der Waals surface area contributed by atoms with Crippen molar-refractivity contribution in [1.82, 2.24) is 0 Å². The lowest BCUT2D eigenvalue weighted by Gasteiger charge is -2.34. The Hall–Kier alpha value is -3.33. The lowest BCUT2D eigenvalue weighted by Crippen LogP contribution is -2.31. The zero-order valence-electron chi connectivity index (χ0n) is 17.4. The van der Waals surface area contributed by atoms with Gasteiger partial charge in [0.2, 0.25) is 0 Å². The van der Waals surface area contributed by atoms with Crippen LogP contribution in [0.5, 0.6) is 0 Å². The van der Waals surface area contributed by atoms with Crippen LogP contribution in [0.15, 0.2) is 90.1 Å². The number of rotatable bonds is 2. The Balaban J connectivity index is 1.59. The van der Waals surface area contributed by atoms with Crippen molar-refractivity contribution in [2.45, 2.75) is 32.7 Å². The van der Waals surface area contributed by atoms with Crippen molar-refractivity contribution in [3.63, 3.8) is 0 Å². The van der Waals surface area contributed by atoms with E-state index in [1.54, 1.807) is 0 Å². The molecule has 2 aliphatic rings. The van der Waals surface area contributed by atoms with Gasteiger partial charge in [-0.25, -0.2) is 0 Å². The van der Waals surface area contributed by atoms with Crippen molar-refractivity contribution >= 4 is 17.2 Å². The van der Waals surface area contributed by atoms with Crippen molar-refractivity contribution in [2.24, 2.45) is 5.41 Å². The molecule has 1 unspecified atom stereocenters. The van der Waals surface area contributed by atoms with E-state index in [9.17, 15) is 4.79 Å². The first kappa shape index (κ1) is 18.7. The number of carbonyl (C=O) groups is 1. The van der Waals surface area contributed by atoms with E-state index < -0.39 is 0 Å². The maximum absolute atomic E-state index is 13.3.